The highest BCUT2D eigenvalue weighted by Gasteiger charge is 2.21. The Morgan fingerprint density at radius 3 is 2.61 bits per heavy atom. The van der Waals surface area contributed by atoms with Gasteiger partial charge in [-0.1, -0.05) is 0 Å². The van der Waals surface area contributed by atoms with Gasteiger partial charge in [0.2, 0.25) is 5.95 Å². The van der Waals surface area contributed by atoms with Crippen LogP contribution >= 0.6 is 0 Å². The van der Waals surface area contributed by atoms with Crippen LogP contribution in [0.4, 0.5) is 5.95 Å². The molecule has 3 heterocycles. The van der Waals surface area contributed by atoms with Gasteiger partial charge in [-0.15, -0.1) is 5.10 Å². The highest BCUT2D eigenvalue weighted by molar-refractivity contribution is 5.93. The van der Waals surface area contributed by atoms with E-state index in [2.05, 4.69) is 26.9 Å². The lowest BCUT2D eigenvalue weighted by atomic mass is 10.2. The van der Waals surface area contributed by atoms with E-state index >= 15 is 0 Å². The molecule has 0 bridgehead atoms. The van der Waals surface area contributed by atoms with Gasteiger partial charge in [0.15, 0.2) is 5.65 Å². The van der Waals surface area contributed by atoms with Crippen LogP contribution in [0.2, 0.25) is 0 Å². The van der Waals surface area contributed by atoms with E-state index < -0.39 is 0 Å². The Morgan fingerprint density at radius 1 is 1.09 bits per heavy atom. The second-order valence-corrected chi connectivity index (χ2v) is 5.98. The van der Waals surface area contributed by atoms with E-state index in [1.807, 2.05) is 29.6 Å². The van der Waals surface area contributed by atoms with Crippen LogP contribution in [0.3, 0.4) is 0 Å². The third-order valence-electron chi connectivity index (χ3n) is 4.35. The molecule has 0 spiro atoms. The third-order valence-corrected chi connectivity index (χ3v) is 4.35. The predicted octanol–water partition coefficient (Wildman–Crippen LogP) is 1.35. The first-order chi connectivity index (χ1) is 11.2. The minimum atomic E-state index is 0.748. The van der Waals surface area contributed by atoms with Crippen molar-refractivity contribution in [1.29, 1.82) is 0 Å². The van der Waals surface area contributed by atoms with E-state index in [9.17, 15) is 0 Å². The number of hydrogen-bond donors (Lipinski definition) is 0. The van der Waals surface area contributed by atoms with Crippen LogP contribution in [0.25, 0.3) is 16.6 Å². The van der Waals surface area contributed by atoms with Crippen LogP contribution in [0.15, 0.2) is 18.2 Å². The van der Waals surface area contributed by atoms with Crippen LogP contribution in [-0.4, -0.2) is 64.8 Å². The maximum absolute atomic E-state index is 5.34. The number of fused-ring (bicyclic) bond motifs is 3. The second-order valence-electron chi connectivity index (χ2n) is 5.98. The Hall–Kier alpha value is -2.41. The molecular weight excluding hydrogens is 292 g/mol. The average Bonchev–Trinajstić information content (AvgIpc) is 2.96. The second kappa shape index (κ2) is 5.34. The van der Waals surface area contributed by atoms with Crippen molar-refractivity contribution >= 4 is 22.5 Å². The van der Waals surface area contributed by atoms with Crippen LogP contribution in [0, 0.1) is 6.92 Å². The molecule has 1 saturated heterocycles. The monoisotopic (exact) mass is 312 g/mol. The first-order valence-corrected chi connectivity index (χ1v) is 7.80. The summed E-state index contributed by atoms with van der Waals surface area (Å²) in [5.74, 6) is 2.41. The molecule has 7 nitrogen and oxygen atoms in total. The van der Waals surface area contributed by atoms with Gasteiger partial charge >= 0.3 is 0 Å². The van der Waals surface area contributed by atoms with Gasteiger partial charge in [-0.05, 0) is 32.2 Å². The minimum absolute atomic E-state index is 0.748. The maximum Gasteiger partial charge on any atom is 0.229 e. The third kappa shape index (κ3) is 2.37. The van der Waals surface area contributed by atoms with Crippen LogP contribution in [0.1, 0.15) is 5.82 Å². The molecule has 7 heteroatoms. The van der Waals surface area contributed by atoms with E-state index in [0.717, 1.165) is 60.3 Å². The van der Waals surface area contributed by atoms with Crippen molar-refractivity contribution < 1.29 is 4.74 Å². The number of nitrogens with zero attached hydrogens (tertiary/aromatic N) is 6. The zero-order valence-corrected chi connectivity index (χ0v) is 13.7. The molecule has 0 N–H and O–H groups in total. The van der Waals surface area contributed by atoms with E-state index in [4.69, 9.17) is 9.72 Å². The number of rotatable bonds is 2. The largest absolute Gasteiger partial charge is 0.497 e. The zero-order chi connectivity index (χ0) is 16.0. The summed E-state index contributed by atoms with van der Waals surface area (Å²) in [4.78, 5) is 14.1. The lowest BCUT2D eigenvalue weighted by Gasteiger charge is -2.33. The number of hydrogen-bond acceptors (Lipinski definition) is 6. The SMILES string of the molecule is COc1ccc2nc(N3CCN(C)CC3)n3nc(C)nc3c2c1. The van der Waals surface area contributed by atoms with Gasteiger partial charge in [0.05, 0.1) is 12.6 Å². The Kier molecular flexibility index (Phi) is 3.30. The smallest absolute Gasteiger partial charge is 0.229 e. The van der Waals surface area contributed by atoms with Gasteiger partial charge in [0.1, 0.15) is 11.6 Å². The Labute approximate surface area is 134 Å². The highest BCUT2D eigenvalue weighted by atomic mass is 16.5. The van der Waals surface area contributed by atoms with E-state index in [0.29, 0.717) is 0 Å². The fourth-order valence-electron chi connectivity index (χ4n) is 3.01. The number of anilines is 1. The van der Waals surface area contributed by atoms with Crippen LogP contribution in [-0.2, 0) is 0 Å². The van der Waals surface area contributed by atoms with E-state index in [-0.39, 0.29) is 0 Å². The molecule has 23 heavy (non-hydrogen) atoms. The van der Waals surface area contributed by atoms with Crippen molar-refractivity contribution in [3.63, 3.8) is 0 Å². The lowest BCUT2D eigenvalue weighted by Crippen LogP contribution is -2.45. The normalized spacial score (nSPS) is 16.4. The molecule has 2 aromatic heterocycles. The molecular formula is C16H20N6O. The molecule has 1 fully saturated rings. The quantitative estimate of drug-likeness (QED) is 0.712. The Bertz CT molecular complexity index is 866. The summed E-state index contributed by atoms with van der Waals surface area (Å²) in [5, 5.41) is 5.52. The fraction of sp³-hybridized carbons (Fsp3) is 0.438. The van der Waals surface area contributed by atoms with Crippen molar-refractivity contribution in [3.05, 3.63) is 24.0 Å². The summed E-state index contributed by atoms with van der Waals surface area (Å²) in [7, 11) is 3.81. The molecule has 1 aromatic carbocycles. The molecule has 4 rings (SSSR count). The molecule has 1 aliphatic rings. The summed E-state index contributed by atoms with van der Waals surface area (Å²) < 4.78 is 7.20. The van der Waals surface area contributed by atoms with Gasteiger partial charge in [-0.3, -0.25) is 0 Å². The molecule has 1 aliphatic heterocycles. The topological polar surface area (TPSA) is 58.8 Å². The number of benzene rings is 1. The minimum Gasteiger partial charge on any atom is -0.497 e. The van der Waals surface area contributed by atoms with Crippen molar-refractivity contribution in [1.82, 2.24) is 24.5 Å². The summed E-state index contributed by atoms with van der Waals surface area (Å²) in [5.41, 5.74) is 1.75. The number of piperazine rings is 1. The van der Waals surface area contributed by atoms with Gasteiger partial charge < -0.3 is 14.5 Å². The molecule has 0 radical (unpaired) electrons. The molecule has 3 aromatic rings. The standard InChI is InChI=1S/C16H20N6O/c1-11-17-15-13-10-12(23-3)4-5-14(13)18-16(22(15)19-11)21-8-6-20(2)7-9-21/h4-5,10H,6-9H2,1-3H3. The number of likely N-dealkylation sites (N-methyl/N-ethyl adjacent to an activating group) is 1. The van der Waals surface area contributed by atoms with E-state index in [1.54, 1.807) is 7.11 Å². The number of aromatic nitrogens is 4. The summed E-state index contributed by atoms with van der Waals surface area (Å²) in [6.07, 6.45) is 0. The first kappa shape index (κ1) is 14.2. The van der Waals surface area contributed by atoms with Gasteiger partial charge in [-0.25, -0.2) is 9.97 Å². The number of aryl methyl sites for hydroxylation is 1. The van der Waals surface area contributed by atoms with Gasteiger partial charge in [-0.2, -0.15) is 4.52 Å². The Morgan fingerprint density at radius 2 is 1.87 bits per heavy atom. The maximum atomic E-state index is 5.34. The fourth-order valence-corrected chi connectivity index (χ4v) is 3.01. The Balaban J connectivity index is 1.92. The molecule has 0 atom stereocenters. The van der Waals surface area contributed by atoms with Crippen molar-refractivity contribution in [2.45, 2.75) is 6.92 Å². The molecule has 0 aliphatic carbocycles. The average molecular weight is 312 g/mol. The summed E-state index contributed by atoms with van der Waals surface area (Å²) in [6, 6.07) is 5.89. The number of methoxy groups -OCH3 is 1. The van der Waals surface area contributed by atoms with Gasteiger partial charge in [0, 0.05) is 31.6 Å². The van der Waals surface area contributed by atoms with Crippen molar-refractivity contribution in [2.24, 2.45) is 0 Å². The van der Waals surface area contributed by atoms with Crippen LogP contribution in [0.5, 0.6) is 5.75 Å². The van der Waals surface area contributed by atoms with Gasteiger partial charge in [0.25, 0.3) is 0 Å². The molecule has 0 amide bonds. The molecule has 0 saturated carbocycles. The molecule has 0 unspecified atom stereocenters. The molecule has 120 valence electrons. The zero-order valence-electron chi connectivity index (χ0n) is 13.7. The highest BCUT2D eigenvalue weighted by Crippen LogP contribution is 2.26. The summed E-state index contributed by atoms with van der Waals surface area (Å²) in [6.45, 7) is 5.85. The first-order valence-electron chi connectivity index (χ1n) is 7.80. The predicted molar refractivity (Wildman–Crippen MR) is 89.3 cm³/mol. The lowest BCUT2D eigenvalue weighted by molar-refractivity contribution is 0.310. The van der Waals surface area contributed by atoms with Crippen molar-refractivity contribution in [3.8, 4) is 5.75 Å². The number of ether oxygens (including phenoxy) is 1. The summed E-state index contributed by atoms with van der Waals surface area (Å²) >= 11 is 0. The van der Waals surface area contributed by atoms with Crippen molar-refractivity contribution in [2.75, 3.05) is 45.2 Å². The van der Waals surface area contributed by atoms with Crippen LogP contribution < -0.4 is 9.64 Å². The van der Waals surface area contributed by atoms with E-state index in [1.165, 1.54) is 0 Å².